The minimum absolute atomic E-state index is 0.178. The maximum absolute atomic E-state index is 13.6. The van der Waals surface area contributed by atoms with Gasteiger partial charge in [-0.05, 0) is 49.8 Å². The van der Waals surface area contributed by atoms with Crippen molar-refractivity contribution in [2.45, 2.75) is 50.0 Å². The molecule has 3 atom stereocenters. The maximum Gasteiger partial charge on any atom is 0.573 e. The number of H-pyrrole nitrogens is 1. The summed E-state index contributed by atoms with van der Waals surface area (Å²) in [5.41, 5.74) is 3.04. The summed E-state index contributed by atoms with van der Waals surface area (Å²) in [6.07, 6.45) is -3.74. The fourth-order valence-corrected chi connectivity index (χ4v) is 5.31. The number of aromatic nitrogens is 3. The quantitative estimate of drug-likeness (QED) is 0.426. The molecule has 0 aliphatic carbocycles. The van der Waals surface area contributed by atoms with Gasteiger partial charge in [-0.2, -0.15) is 0 Å². The molecule has 1 spiro atoms. The molecular weight excluding hydrogens is 518 g/mol. The van der Waals surface area contributed by atoms with Crippen molar-refractivity contribution < 1.29 is 31.8 Å². The Morgan fingerprint density at radius 1 is 1.10 bits per heavy atom. The Bertz CT molecular complexity index is 1240. The van der Waals surface area contributed by atoms with Crippen LogP contribution in [0.3, 0.4) is 0 Å². The van der Waals surface area contributed by atoms with Crippen LogP contribution in [0.15, 0.2) is 48.5 Å². The third-order valence-electron chi connectivity index (χ3n) is 7.18. The zero-order valence-corrected chi connectivity index (χ0v) is 21.7. The number of para-hydroxylation sites is 1. The van der Waals surface area contributed by atoms with E-state index in [-0.39, 0.29) is 30.1 Å². The van der Waals surface area contributed by atoms with Crippen molar-refractivity contribution in [3.05, 3.63) is 76.9 Å². The van der Waals surface area contributed by atoms with Gasteiger partial charge in [-0.3, -0.25) is 10.00 Å². The third kappa shape index (κ3) is 6.57. The van der Waals surface area contributed by atoms with Crippen LogP contribution in [0.1, 0.15) is 47.3 Å². The number of benzene rings is 2. The number of nitrogens with one attached hydrogen (secondary N) is 1. The molecule has 1 N–H and O–H groups in total. The predicted octanol–water partition coefficient (Wildman–Crippen LogP) is 4.77. The van der Waals surface area contributed by atoms with Crippen molar-refractivity contribution in [1.29, 1.82) is 0 Å². The van der Waals surface area contributed by atoms with Crippen molar-refractivity contribution >= 4 is 0 Å². The minimum atomic E-state index is -4.78. The molecule has 2 aromatic carbocycles. The average molecular weight is 550 g/mol. The van der Waals surface area contributed by atoms with E-state index >= 15 is 0 Å². The molecule has 1 aromatic heterocycles. The fourth-order valence-electron chi connectivity index (χ4n) is 5.31. The molecular formula is C27H31F4N5O3. The fraction of sp³-hybridized carbons (Fsp3) is 0.481. The Balaban J connectivity index is 1.34. The summed E-state index contributed by atoms with van der Waals surface area (Å²) in [5, 5.41) is 11.3. The van der Waals surface area contributed by atoms with Crippen molar-refractivity contribution in [1.82, 2.24) is 25.2 Å². The van der Waals surface area contributed by atoms with E-state index in [4.69, 9.17) is 9.47 Å². The Labute approximate surface area is 223 Å². The molecule has 39 heavy (non-hydrogen) atoms. The highest BCUT2D eigenvalue weighted by Crippen LogP contribution is 2.43. The van der Waals surface area contributed by atoms with E-state index in [1.165, 1.54) is 24.3 Å². The second-order valence-corrected chi connectivity index (χ2v) is 10.3. The number of alkyl halides is 3. The van der Waals surface area contributed by atoms with Crippen LogP contribution < -0.4 is 4.74 Å². The summed E-state index contributed by atoms with van der Waals surface area (Å²) >= 11 is 0. The van der Waals surface area contributed by atoms with E-state index in [1.807, 2.05) is 19.0 Å². The highest BCUT2D eigenvalue weighted by Gasteiger charge is 2.46. The van der Waals surface area contributed by atoms with Gasteiger partial charge in [0.15, 0.2) is 5.79 Å². The highest BCUT2D eigenvalue weighted by atomic mass is 19.4. The van der Waals surface area contributed by atoms with Gasteiger partial charge in [0.25, 0.3) is 0 Å². The first-order valence-corrected chi connectivity index (χ1v) is 12.8. The van der Waals surface area contributed by atoms with Crippen molar-refractivity contribution in [3.8, 4) is 5.75 Å². The number of hydrogen-bond donors (Lipinski definition) is 1. The molecule has 2 fully saturated rings. The van der Waals surface area contributed by atoms with Gasteiger partial charge < -0.3 is 19.1 Å². The van der Waals surface area contributed by atoms with Crippen molar-refractivity contribution in [2.24, 2.45) is 0 Å². The van der Waals surface area contributed by atoms with Gasteiger partial charge in [0.1, 0.15) is 17.3 Å². The molecule has 0 amide bonds. The molecule has 3 heterocycles. The molecule has 0 saturated carbocycles. The average Bonchev–Trinajstić information content (AvgIpc) is 3.31. The lowest BCUT2D eigenvalue weighted by Gasteiger charge is -2.49. The Kier molecular flexibility index (Phi) is 7.90. The number of hydrogen-bond acceptors (Lipinski definition) is 7. The second-order valence-electron chi connectivity index (χ2n) is 10.3. The van der Waals surface area contributed by atoms with Gasteiger partial charge in [-0.1, -0.05) is 35.5 Å². The number of halogens is 4. The van der Waals surface area contributed by atoms with Gasteiger partial charge >= 0.3 is 6.36 Å². The summed E-state index contributed by atoms with van der Waals surface area (Å²) in [7, 11) is 3.92. The monoisotopic (exact) mass is 549 g/mol. The van der Waals surface area contributed by atoms with Crippen LogP contribution in [0.25, 0.3) is 0 Å². The SMILES string of the molecule is CN(C)Cc1[nH]nnc1CN1CC2(CC[C@@H](c3ccccc3OC(F)(F)F)CO2)OC[C@@H]1c1ccc(F)cc1. The molecule has 8 nitrogen and oxygen atoms in total. The zero-order chi connectivity index (χ0) is 27.6. The second kappa shape index (κ2) is 11.2. The lowest BCUT2D eigenvalue weighted by molar-refractivity contribution is -0.298. The summed E-state index contributed by atoms with van der Waals surface area (Å²) in [6.45, 7) is 1.98. The number of aromatic amines is 1. The van der Waals surface area contributed by atoms with Crippen LogP contribution in [0.4, 0.5) is 17.6 Å². The normalized spacial score (nSPS) is 24.4. The topological polar surface area (TPSA) is 75.7 Å². The summed E-state index contributed by atoms with van der Waals surface area (Å²) in [4.78, 5) is 4.20. The first kappa shape index (κ1) is 27.5. The van der Waals surface area contributed by atoms with Gasteiger partial charge in [0.2, 0.25) is 0 Å². The van der Waals surface area contributed by atoms with Crippen LogP contribution >= 0.6 is 0 Å². The molecule has 1 unspecified atom stereocenters. The number of morpholine rings is 1. The summed E-state index contributed by atoms with van der Waals surface area (Å²) in [5.74, 6) is -1.74. The van der Waals surface area contributed by atoms with E-state index in [2.05, 4.69) is 25.0 Å². The molecule has 2 aliphatic heterocycles. The molecule has 210 valence electrons. The minimum Gasteiger partial charge on any atom is -0.405 e. The molecule has 12 heteroatoms. The van der Waals surface area contributed by atoms with Gasteiger partial charge in [-0.15, -0.1) is 18.3 Å². The zero-order valence-electron chi connectivity index (χ0n) is 21.7. The van der Waals surface area contributed by atoms with E-state index < -0.39 is 12.1 Å². The lowest BCUT2D eigenvalue weighted by Crippen LogP contribution is -2.56. The van der Waals surface area contributed by atoms with Crippen LogP contribution in [0.5, 0.6) is 5.75 Å². The largest absolute Gasteiger partial charge is 0.573 e. The van der Waals surface area contributed by atoms with Crippen molar-refractivity contribution in [2.75, 3.05) is 33.9 Å². The van der Waals surface area contributed by atoms with E-state index in [1.54, 1.807) is 24.3 Å². The Morgan fingerprint density at radius 2 is 1.85 bits per heavy atom. The molecule has 5 rings (SSSR count). The van der Waals surface area contributed by atoms with Crippen LogP contribution in [0, 0.1) is 5.82 Å². The van der Waals surface area contributed by atoms with E-state index in [9.17, 15) is 17.6 Å². The van der Waals surface area contributed by atoms with E-state index in [0.29, 0.717) is 44.6 Å². The van der Waals surface area contributed by atoms with Gasteiger partial charge in [0, 0.05) is 25.4 Å². The Morgan fingerprint density at radius 3 is 2.54 bits per heavy atom. The summed E-state index contributed by atoms with van der Waals surface area (Å²) < 4.78 is 69.4. The summed E-state index contributed by atoms with van der Waals surface area (Å²) in [6, 6.07) is 12.3. The lowest BCUT2D eigenvalue weighted by atomic mass is 9.88. The first-order chi connectivity index (χ1) is 18.6. The van der Waals surface area contributed by atoms with Crippen LogP contribution in [-0.4, -0.2) is 71.2 Å². The van der Waals surface area contributed by atoms with Gasteiger partial charge in [0.05, 0.1) is 31.5 Å². The maximum atomic E-state index is 13.6. The van der Waals surface area contributed by atoms with Crippen LogP contribution in [-0.2, 0) is 22.6 Å². The Hall–Kier alpha value is -3.06. The third-order valence-corrected chi connectivity index (χ3v) is 7.18. The van der Waals surface area contributed by atoms with Crippen molar-refractivity contribution in [3.63, 3.8) is 0 Å². The highest BCUT2D eigenvalue weighted by molar-refractivity contribution is 5.37. The molecule has 3 aromatic rings. The van der Waals surface area contributed by atoms with E-state index in [0.717, 1.165) is 17.0 Å². The molecule has 2 saturated heterocycles. The molecule has 0 radical (unpaired) electrons. The smallest absolute Gasteiger partial charge is 0.405 e. The standard InChI is InChI=1S/C27H31F4N5O3/c1-35(2)13-22-23(33-34-32-22)14-36-17-26(38-16-24(36)18-7-9-20(28)10-8-18)12-11-19(15-37-26)21-5-3-4-6-25(21)39-27(29,30)31/h3-10,19,24H,11-17H2,1-2H3,(H,32,33,34)/t19-,24-,26?/m1/s1. The first-order valence-electron chi connectivity index (χ1n) is 12.8. The number of ether oxygens (including phenoxy) is 3. The van der Waals surface area contributed by atoms with Gasteiger partial charge in [-0.25, -0.2) is 4.39 Å². The predicted molar refractivity (Wildman–Crippen MR) is 133 cm³/mol. The number of rotatable bonds is 7. The molecule has 0 bridgehead atoms. The number of nitrogens with zero attached hydrogens (tertiary/aromatic N) is 4. The molecule has 2 aliphatic rings. The van der Waals surface area contributed by atoms with Crippen LogP contribution in [0.2, 0.25) is 0 Å².